The van der Waals surface area contributed by atoms with Crippen LogP contribution < -0.4 is 15.4 Å². The van der Waals surface area contributed by atoms with Crippen LogP contribution in [0.25, 0.3) is 11.3 Å². The van der Waals surface area contributed by atoms with Crippen molar-refractivity contribution in [2.75, 3.05) is 24.3 Å². The first kappa shape index (κ1) is 20.9. The molecule has 0 fully saturated rings. The highest BCUT2D eigenvalue weighted by Crippen LogP contribution is 2.41. The molecule has 3 N–H and O–H groups in total. The number of halogens is 1. The molecule has 158 valence electrons. The van der Waals surface area contributed by atoms with Gasteiger partial charge in [0.2, 0.25) is 5.95 Å². The lowest BCUT2D eigenvalue weighted by molar-refractivity contribution is 0.281. The van der Waals surface area contributed by atoms with Crippen LogP contribution in [-0.2, 0) is 12.0 Å². The summed E-state index contributed by atoms with van der Waals surface area (Å²) in [6.07, 6.45) is 1.66. The number of rotatable bonds is 5. The second-order valence-electron chi connectivity index (χ2n) is 7.99. The van der Waals surface area contributed by atoms with Crippen LogP contribution in [0.1, 0.15) is 30.5 Å². The van der Waals surface area contributed by atoms with Gasteiger partial charge in [-0.15, -0.1) is 0 Å². The highest BCUT2D eigenvalue weighted by molar-refractivity contribution is 6.31. The van der Waals surface area contributed by atoms with Crippen LogP contribution in [0.3, 0.4) is 0 Å². The second-order valence-corrected chi connectivity index (χ2v) is 8.40. The maximum absolute atomic E-state index is 9.64. The molecule has 4 rings (SSSR count). The fraction of sp³-hybridized carbons (Fsp3) is 0.261. The lowest BCUT2D eigenvalue weighted by Gasteiger charge is -2.18. The molecular weight excluding hydrogens is 414 g/mol. The quantitative estimate of drug-likeness (QED) is 0.537. The van der Waals surface area contributed by atoms with Gasteiger partial charge in [0.15, 0.2) is 0 Å². The number of nitriles is 1. The third kappa shape index (κ3) is 3.88. The molecule has 0 saturated carbocycles. The van der Waals surface area contributed by atoms with Crippen LogP contribution in [0, 0.1) is 11.3 Å². The Morgan fingerprint density at radius 1 is 1.32 bits per heavy atom. The SMILES string of the molecule is COc1cc(CO)c(Cl)cc1Nc1nccc(-c2cc(C#N)c3c(c2)C(C)(C)CN3)n1. The Hall–Kier alpha value is -3.34. The highest BCUT2D eigenvalue weighted by atomic mass is 35.5. The summed E-state index contributed by atoms with van der Waals surface area (Å²) >= 11 is 6.23. The minimum atomic E-state index is -0.188. The van der Waals surface area contributed by atoms with E-state index in [-0.39, 0.29) is 12.0 Å². The van der Waals surface area contributed by atoms with E-state index in [1.807, 2.05) is 12.1 Å². The average molecular weight is 436 g/mol. The van der Waals surface area contributed by atoms with Crippen LogP contribution in [0.15, 0.2) is 36.5 Å². The first-order chi connectivity index (χ1) is 14.9. The molecule has 0 aliphatic carbocycles. The molecule has 2 heterocycles. The zero-order valence-corrected chi connectivity index (χ0v) is 18.2. The monoisotopic (exact) mass is 435 g/mol. The standard InChI is InChI=1S/C23H22ClN5O2/c1-23(2)12-27-21-14(10-25)6-13(7-16(21)23)18-4-5-26-22(28-18)29-19-9-17(24)15(11-30)8-20(19)31-3/h4-9,27,30H,11-12H2,1-3H3,(H,26,28,29). The Morgan fingerprint density at radius 3 is 2.84 bits per heavy atom. The summed E-state index contributed by atoms with van der Waals surface area (Å²) in [6, 6.07) is 11.4. The first-order valence-electron chi connectivity index (χ1n) is 9.76. The lowest BCUT2D eigenvalue weighted by atomic mass is 9.85. The van der Waals surface area contributed by atoms with Crippen LogP contribution in [0.4, 0.5) is 17.3 Å². The van der Waals surface area contributed by atoms with Gasteiger partial charge in [-0.25, -0.2) is 9.97 Å². The Kier molecular flexibility index (Phi) is 5.44. The van der Waals surface area contributed by atoms with Crippen molar-refractivity contribution in [1.82, 2.24) is 9.97 Å². The summed E-state index contributed by atoms with van der Waals surface area (Å²) in [6.45, 7) is 4.89. The van der Waals surface area contributed by atoms with E-state index >= 15 is 0 Å². The molecule has 0 spiro atoms. The van der Waals surface area contributed by atoms with Crippen LogP contribution in [-0.4, -0.2) is 28.7 Å². The molecule has 0 saturated heterocycles. The predicted octanol–water partition coefficient (Wildman–Crippen LogP) is 4.62. The number of aromatic nitrogens is 2. The summed E-state index contributed by atoms with van der Waals surface area (Å²) < 4.78 is 5.40. The largest absolute Gasteiger partial charge is 0.495 e. The molecule has 0 unspecified atom stereocenters. The summed E-state index contributed by atoms with van der Waals surface area (Å²) in [4.78, 5) is 8.94. The van der Waals surface area contributed by atoms with Gasteiger partial charge in [-0.3, -0.25) is 0 Å². The van der Waals surface area contributed by atoms with Crippen molar-refractivity contribution in [1.29, 1.82) is 5.26 Å². The molecule has 31 heavy (non-hydrogen) atoms. The lowest BCUT2D eigenvalue weighted by Crippen LogP contribution is -2.18. The van der Waals surface area contributed by atoms with Crippen molar-refractivity contribution in [3.63, 3.8) is 0 Å². The van der Waals surface area contributed by atoms with Gasteiger partial charge in [-0.1, -0.05) is 25.4 Å². The summed E-state index contributed by atoms with van der Waals surface area (Å²) in [5.74, 6) is 0.875. The Bertz CT molecular complexity index is 1200. The van der Waals surface area contributed by atoms with Gasteiger partial charge in [0.25, 0.3) is 0 Å². The molecule has 0 radical (unpaired) electrons. The van der Waals surface area contributed by atoms with Crippen molar-refractivity contribution < 1.29 is 9.84 Å². The van der Waals surface area contributed by atoms with Gasteiger partial charge in [0.1, 0.15) is 11.8 Å². The number of aliphatic hydroxyl groups is 1. The normalized spacial score (nSPS) is 13.8. The topological polar surface area (TPSA) is 103 Å². The van der Waals surface area contributed by atoms with E-state index in [9.17, 15) is 10.4 Å². The molecular formula is C23H22ClN5O2. The molecule has 1 aromatic heterocycles. The third-order valence-electron chi connectivity index (χ3n) is 5.43. The number of hydrogen-bond acceptors (Lipinski definition) is 7. The van der Waals surface area contributed by atoms with Crippen LogP contribution >= 0.6 is 11.6 Å². The maximum atomic E-state index is 9.64. The summed E-state index contributed by atoms with van der Waals surface area (Å²) in [7, 11) is 1.54. The fourth-order valence-electron chi connectivity index (χ4n) is 3.69. The van der Waals surface area contributed by atoms with E-state index < -0.39 is 0 Å². The highest BCUT2D eigenvalue weighted by Gasteiger charge is 2.32. The fourth-order valence-corrected chi connectivity index (χ4v) is 3.91. The molecule has 7 nitrogen and oxygen atoms in total. The van der Waals surface area contributed by atoms with Crippen LogP contribution in [0.5, 0.6) is 5.75 Å². The van der Waals surface area contributed by atoms with Crippen molar-refractivity contribution >= 4 is 28.9 Å². The molecule has 0 amide bonds. The predicted molar refractivity (Wildman–Crippen MR) is 121 cm³/mol. The van der Waals surface area contributed by atoms with Gasteiger partial charge in [0, 0.05) is 28.7 Å². The maximum Gasteiger partial charge on any atom is 0.227 e. The van der Waals surface area contributed by atoms with Crippen molar-refractivity contribution in [3.05, 3.63) is 58.2 Å². The number of ether oxygens (including phenoxy) is 1. The molecule has 3 aromatic rings. The zero-order valence-electron chi connectivity index (χ0n) is 17.5. The molecule has 0 atom stereocenters. The zero-order chi connectivity index (χ0) is 22.2. The Labute approximate surface area is 185 Å². The van der Waals surface area contributed by atoms with E-state index in [0.29, 0.717) is 39.2 Å². The number of methoxy groups -OCH3 is 1. The number of nitrogens with zero attached hydrogens (tertiary/aromatic N) is 3. The summed E-state index contributed by atoms with van der Waals surface area (Å²) in [5, 5.41) is 25.9. The van der Waals surface area contributed by atoms with E-state index in [1.54, 1.807) is 18.3 Å². The minimum Gasteiger partial charge on any atom is -0.495 e. The van der Waals surface area contributed by atoms with E-state index in [1.165, 1.54) is 7.11 Å². The minimum absolute atomic E-state index is 0.0797. The first-order valence-corrected chi connectivity index (χ1v) is 10.1. The molecule has 1 aliphatic rings. The van der Waals surface area contributed by atoms with Crippen molar-refractivity contribution in [3.8, 4) is 23.1 Å². The number of nitrogens with one attached hydrogen (secondary N) is 2. The molecule has 2 aromatic carbocycles. The van der Waals surface area contributed by atoms with Crippen molar-refractivity contribution in [2.45, 2.75) is 25.9 Å². The van der Waals surface area contributed by atoms with Gasteiger partial charge in [0.05, 0.1) is 36.3 Å². The molecule has 0 bridgehead atoms. The average Bonchev–Trinajstić information content (AvgIpc) is 3.08. The van der Waals surface area contributed by atoms with E-state index in [0.717, 1.165) is 23.4 Å². The summed E-state index contributed by atoms with van der Waals surface area (Å²) in [5.41, 5.74) is 5.20. The number of anilines is 3. The number of hydrogen-bond donors (Lipinski definition) is 3. The Balaban J connectivity index is 1.73. The molecule has 8 heteroatoms. The van der Waals surface area contributed by atoms with E-state index in [4.69, 9.17) is 16.3 Å². The van der Waals surface area contributed by atoms with Gasteiger partial charge in [-0.05, 0) is 41.5 Å². The second kappa shape index (κ2) is 8.06. The number of benzene rings is 2. The van der Waals surface area contributed by atoms with Crippen LogP contribution in [0.2, 0.25) is 5.02 Å². The third-order valence-corrected chi connectivity index (χ3v) is 5.78. The van der Waals surface area contributed by atoms with E-state index in [2.05, 4.69) is 46.6 Å². The van der Waals surface area contributed by atoms with Crippen molar-refractivity contribution in [2.24, 2.45) is 0 Å². The van der Waals surface area contributed by atoms with Gasteiger partial charge >= 0.3 is 0 Å². The van der Waals surface area contributed by atoms with Gasteiger partial charge in [-0.2, -0.15) is 5.26 Å². The van der Waals surface area contributed by atoms with Gasteiger partial charge < -0.3 is 20.5 Å². The molecule has 1 aliphatic heterocycles. The smallest absolute Gasteiger partial charge is 0.227 e. The number of fused-ring (bicyclic) bond motifs is 1. The Morgan fingerprint density at radius 2 is 2.13 bits per heavy atom. The number of aliphatic hydroxyl groups excluding tert-OH is 1.